The largest absolute Gasteiger partial charge is 0.495 e. The molecular formula is C25H35N5O4. The predicted octanol–water partition coefficient (Wildman–Crippen LogP) is 3.58. The first-order chi connectivity index (χ1) is 16.5. The van der Waals surface area contributed by atoms with E-state index >= 15 is 0 Å². The maximum atomic E-state index is 12.5. The Morgan fingerprint density at radius 2 is 1.50 bits per heavy atom. The molecule has 0 bridgehead atoms. The van der Waals surface area contributed by atoms with Crippen molar-refractivity contribution >= 4 is 34.8 Å². The molecule has 0 unspecified atom stereocenters. The molecule has 0 aliphatic heterocycles. The molecule has 0 spiro atoms. The summed E-state index contributed by atoms with van der Waals surface area (Å²) in [4.78, 5) is 36.1. The van der Waals surface area contributed by atoms with Crippen LogP contribution in [0.4, 0.5) is 17.1 Å². The van der Waals surface area contributed by atoms with Gasteiger partial charge in [0, 0.05) is 11.4 Å². The Morgan fingerprint density at radius 3 is 2.18 bits per heavy atom. The molecule has 0 aliphatic carbocycles. The standard InChI is InChI=1S/C25H35N5O4/c1-3-4-5-6-7-8-9-18-10-15-22(34-2)21(16-18)29-25(33)24(32)28-20-13-11-19(12-14-20)27-17-23(31)30-26/h10-16,27H,3-9,17,26H2,1-2H3,(H,28,32)(H,29,33)(H,30,31). The lowest BCUT2D eigenvalue weighted by molar-refractivity contribution is -0.133. The van der Waals surface area contributed by atoms with Crippen molar-refractivity contribution in [2.24, 2.45) is 5.84 Å². The zero-order valence-electron chi connectivity index (χ0n) is 19.9. The Hall–Kier alpha value is -3.59. The van der Waals surface area contributed by atoms with Gasteiger partial charge in [-0.25, -0.2) is 5.84 Å². The van der Waals surface area contributed by atoms with Crippen LogP contribution >= 0.6 is 0 Å². The molecule has 0 aliphatic rings. The van der Waals surface area contributed by atoms with Crippen LogP contribution in [0.3, 0.4) is 0 Å². The maximum Gasteiger partial charge on any atom is 0.314 e. The van der Waals surface area contributed by atoms with Crippen LogP contribution in [0, 0.1) is 0 Å². The molecule has 0 saturated heterocycles. The summed E-state index contributed by atoms with van der Waals surface area (Å²) in [7, 11) is 1.52. The highest BCUT2D eigenvalue weighted by molar-refractivity contribution is 6.43. The minimum atomic E-state index is -0.799. The number of carbonyl (C=O) groups excluding carboxylic acids is 3. The summed E-state index contributed by atoms with van der Waals surface area (Å²) < 4.78 is 5.34. The van der Waals surface area contributed by atoms with Gasteiger partial charge in [-0.05, 0) is 54.8 Å². The summed E-state index contributed by atoms with van der Waals surface area (Å²) in [6.45, 7) is 2.22. The summed E-state index contributed by atoms with van der Waals surface area (Å²) in [6.07, 6.45) is 8.14. The molecule has 2 aromatic carbocycles. The predicted molar refractivity (Wildman–Crippen MR) is 135 cm³/mol. The van der Waals surface area contributed by atoms with Crippen LogP contribution < -0.4 is 32.0 Å². The number of nitrogens with two attached hydrogens (primary N) is 1. The second-order valence-corrected chi connectivity index (χ2v) is 7.96. The van der Waals surface area contributed by atoms with Crippen molar-refractivity contribution in [1.29, 1.82) is 0 Å². The van der Waals surface area contributed by atoms with Gasteiger partial charge in [0.1, 0.15) is 5.75 Å². The van der Waals surface area contributed by atoms with Gasteiger partial charge < -0.3 is 20.7 Å². The minimum absolute atomic E-state index is 0.0182. The normalized spacial score (nSPS) is 10.3. The Bertz CT molecular complexity index is 947. The van der Waals surface area contributed by atoms with E-state index in [1.54, 1.807) is 30.3 Å². The second kappa shape index (κ2) is 14.5. The van der Waals surface area contributed by atoms with Crippen molar-refractivity contribution in [3.63, 3.8) is 0 Å². The van der Waals surface area contributed by atoms with Crippen molar-refractivity contribution in [3.05, 3.63) is 48.0 Å². The zero-order chi connectivity index (χ0) is 24.8. The number of hydrogen-bond donors (Lipinski definition) is 5. The summed E-state index contributed by atoms with van der Waals surface area (Å²) in [5.74, 6) is 3.57. The van der Waals surface area contributed by atoms with Crippen molar-refractivity contribution in [2.45, 2.75) is 51.9 Å². The molecule has 2 rings (SSSR count). The molecule has 2 aromatic rings. The van der Waals surface area contributed by atoms with Crippen LogP contribution in [0.1, 0.15) is 51.0 Å². The molecule has 3 amide bonds. The van der Waals surface area contributed by atoms with E-state index in [9.17, 15) is 14.4 Å². The topological polar surface area (TPSA) is 135 Å². The molecule has 0 heterocycles. The number of hydrazine groups is 1. The van der Waals surface area contributed by atoms with Gasteiger partial charge in [-0.1, -0.05) is 45.1 Å². The van der Waals surface area contributed by atoms with Crippen molar-refractivity contribution < 1.29 is 19.1 Å². The number of nitrogens with one attached hydrogen (secondary N) is 4. The summed E-state index contributed by atoms with van der Waals surface area (Å²) in [5, 5.41) is 8.08. The number of carbonyl (C=O) groups is 3. The first kappa shape index (κ1) is 26.7. The van der Waals surface area contributed by atoms with Gasteiger partial charge in [-0.15, -0.1) is 0 Å². The number of aryl methyl sites for hydroxylation is 1. The molecule has 6 N–H and O–H groups in total. The SMILES string of the molecule is CCCCCCCCc1ccc(OC)c(NC(=O)C(=O)Nc2ccc(NCC(=O)NN)cc2)c1. The first-order valence-corrected chi connectivity index (χ1v) is 11.6. The maximum absolute atomic E-state index is 12.5. The van der Waals surface area contributed by atoms with Crippen molar-refractivity contribution in [2.75, 3.05) is 29.6 Å². The van der Waals surface area contributed by atoms with Gasteiger partial charge in [0.2, 0.25) is 0 Å². The first-order valence-electron chi connectivity index (χ1n) is 11.6. The monoisotopic (exact) mass is 469 g/mol. The fraction of sp³-hybridized carbons (Fsp3) is 0.400. The van der Waals surface area contributed by atoms with Gasteiger partial charge in [-0.2, -0.15) is 0 Å². The summed E-state index contributed by atoms with van der Waals surface area (Å²) in [6, 6.07) is 12.2. The molecule has 184 valence electrons. The fourth-order valence-corrected chi connectivity index (χ4v) is 3.39. The molecule has 0 fully saturated rings. The van der Waals surface area contributed by atoms with Crippen LogP contribution in [-0.2, 0) is 20.8 Å². The van der Waals surface area contributed by atoms with Crippen LogP contribution in [0.25, 0.3) is 0 Å². The Kier molecular flexibility index (Phi) is 11.4. The lowest BCUT2D eigenvalue weighted by Gasteiger charge is -2.12. The number of unbranched alkanes of at least 4 members (excludes halogenated alkanes) is 5. The lowest BCUT2D eigenvalue weighted by Crippen LogP contribution is -2.35. The number of methoxy groups -OCH3 is 1. The van der Waals surface area contributed by atoms with Gasteiger partial charge >= 0.3 is 11.8 Å². The zero-order valence-corrected chi connectivity index (χ0v) is 19.9. The highest BCUT2D eigenvalue weighted by Gasteiger charge is 2.16. The number of anilines is 3. The number of ether oxygens (including phenoxy) is 1. The molecule has 9 heteroatoms. The van der Waals surface area contributed by atoms with Gasteiger partial charge in [0.05, 0.1) is 19.3 Å². The number of benzene rings is 2. The average molecular weight is 470 g/mol. The van der Waals surface area contributed by atoms with Gasteiger partial charge in [0.15, 0.2) is 0 Å². The van der Waals surface area contributed by atoms with Crippen molar-refractivity contribution in [3.8, 4) is 5.75 Å². The van der Waals surface area contributed by atoms with Crippen LogP contribution in [-0.4, -0.2) is 31.4 Å². The van der Waals surface area contributed by atoms with E-state index in [1.165, 1.54) is 39.2 Å². The van der Waals surface area contributed by atoms with Gasteiger partial charge in [-0.3, -0.25) is 19.8 Å². The molecule has 0 atom stereocenters. The summed E-state index contributed by atoms with van der Waals surface area (Å²) in [5.41, 5.74) is 4.67. The Morgan fingerprint density at radius 1 is 0.853 bits per heavy atom. The Labute approximate surface area is 200 Å². The van der Waals surface area contributed by atoms with Gasteiger partial charge in [0.25, 0.3) is 5.91 Å². The van der Waals surface area contributed by atoms with Crippen molar-refractivity contribution in [1.82, 2.24) is 5.43 Å². The van der Waals surface area contributed by atoms with E-state index in [1.807, 2.05) is 17.6 Å². The average Bonchev–Trinajstić information content (AvgIpc) is 2.85. The molecule has 0 aromatic heterocycles. The van der Waals surface area contributed by atoms with E-state index in [4.69, 9.17) is 10.6 Å². The smallest absolute Gasteiger partial charge is 0.314 e. The molecule has 0 saturated carbocycles. The number of rotatable bonds is 13. The van der Waals surface area contributed by atoms with E-state index in [0.717, 1.165) is 18.4 Å². The third kappa shape index (κ3) is 9.11. The Balaban J connectivity index is 1.90. The summed E-state index contributed by atoms with van der Waals surface area (Å²) >= 11 is 0. The van der Waals surface area contributed by atoms with E-state index < -0.39 is 11.8 Å². The molecule has 0 radical (unpaired) electrons. The second-order valence-electron chi connectivity index (χ2n) is 7.96. The van der Waals surface area contributed by atoms with E-state index in [0.29, 0.717) is 22.8 Å². The highest BCUT2D eigenvalue weighted by Crippen LogP contribution is 2.26. The van der Waals surface area contributed by atoms with E-state index in [-0.39, 0.29) is 12.5 Å². The van der Waals surface area contributed by atoms with E-state index in [2.05, 4.69) is 22.9 Å². The molecule has 9 nitrogen and oxygen atoms in total. The quantitative estimate of drug-likeness (QED) is 0.100. The molecular weight excluding hydrogens is 434 g/mol. The fourth-order valence-electron chi connectivity index (χ4n) is 3.39. The van der Waals surface area contributed by atoms with Crippen LogP contribution in [0.5, 0.6) is 5.75 Å². The lowest BCUT2D eigenvalue weighted by atomic mass is 10.0. The van der Waals surface area contributed by atoms with Crippen LogP contribution in [0.15, 0.2) is 42.5 Å². The number of amides is 3. The third-order valence-corrected chi connectivity index (χ3v) is 5.29. The number of hydrogen-bond acceptors (Lipinski definition) is 6. The van der Waals surface area contributed by atoms with Crippen LogP contribution in [0.2, 0.25) is 0 Å². The third-order valence-electron chi connectivity index (χ3n) is 5.29. The highest BCUT2D eigenvalue weighted by atomic mass is 16.5. The minimum Gasteiger partial charge on any atom is -0.495 e. The molecule has 34 heavy (non-hydrogen) atoms.